The lowest BCUT2D eigenvalue weighted by molar-refractivity contribution is 0.0140. The van der Waals surface area contributed by atoms with Gasteiger partial charge in [0.05, 0.1) is 16.7 Å². The van der Waals surface area contributed by atoms with Crippen molar-refractivity contribution in [3.63, 3.8) is 0 Å². The maximum Gasteiger partial charge on any atom is 0.339 e. The molecule has 0 aromatic heterocycles. The molecule has 0 heterocycles. The van der Waals surface area contributed by atoms with Crippen molar-refractivity contribution in [3.05, 3.63) is 62.7 Å². The first-order chi connectivity index (χ1) is 16.4. The molecule has 0 aliphatic heterocycles. The molecule has 3 aromatic rings. The van der Waals surface area contributed by atoms with E-state index in [0.717, 1.165) is 12.1 Å². The van der Waals surface area contributed by atoms with Crippen molar-refractivity contribution in [3.8, 4) is 39.9 Å². The first-order valence-corrected chi connectivity index (χ1v) is 10.1. The maximum absolute atomic E-state index is 13.3. The summed E-state index contributed by atoms with van der Waals surface area (Å²) < 4.78 is 0. The van der Waals surface area contributed by atoms with Crippen LogP contribution in [0.1, 0.15) is 71.1 Å². The summed E-state index contributed by atoms with van der Waals surface area (Å²) in [5.74, 6) is -7.97. The van der Waals surface area contributed by atoms with Gasteiger partial charge in [0.15, 0.2) is 5.78 Å². The third-order valence-electron chi connectivity index (χ3n) is 6.42. The van der Waals surface area contributed by atoms with Crippen LogP contribution in [0.3, 0.4) is 0 Å². The Balaban J connectivity index is 1.95. The van der Waals surface area contributed by atoms with Gasteiger partial charge in [-0.15, -0.1) is 0 Å². The van der Waals surface area contributed by atoms with Crippen molar-refractivity contribution in [2.24, 2.45) is 0 Å². The van der Waals surface area contributed by atoms with Gasteiger partial charge < -0.3 is 40.9 Å². The second-order valence-electron chi connectivity index (χ2n) is 8.36. The zero-order valence-corrected chi connectivity index (χ0v) is 17.7. The highest BCUT2D eigenvalue weighted by atomic mass is 16.4. The lowest BCUT2D eigenvalue weighted by Gasteiger charge is -2.33. The molecule has 11 heteroatoms. The largest absolute Gasteiger partial charge is 0.508 e. The van der Waals surface area contributed by atoms with Crippen molar-refractivity contribution in [2.75, 3.05) is 0 Å². The molecule has 3 aromatic carbocycles. The number of hydrogen-bond donors (Lipinski definition) is 8. The number of benzene rings is 3. The van der Waals surface area contributed by atoms with E-state index < -0.39 is 103 Å². The number of aliphatic hydroxyl groups is 2. The molecule has 8 N–H and O–H groups in total. The topological polar surface area (TPSA) is 213 Å². The van der Waals surface area contributed by atoms with E-state index in [0.29, 0.717) is 0 Å². The van der Waals surface area contributed by atoms with E-state index in [9.17, 15) is 55.2 Å². The summed E-state index contributed by atoms with van der Waals surface area (Å²) in [5.41, 5.74) is -4.96. The second-order valence-corrected chi connectivity index (χ2v) is 8.36. The van der Waals surface area contributed by atoms with Gasteiger partial charge in [-0.2, -0.15) is 0 Å². The Kier molecular flexibility index (Phi) is 4.41. The molecule has 5 rings (SSSR count). The number of carbonyl (C=O) groups excluding carboxylic acids is 2. The molecule has 35 heavy (non-hydrogen) atoms. The summed E-state index contributed by atoms with van der Waals surface area (Å²) in [6.45, 7) is 1.33. The van der Waals surface area contributed by atoms with Gasteiger partial charge in [0.1, 0.15) is 46.5 Å². The lowest BCUT2D eigenvalue weighted by Crippen LogP contribution is -2.25. The molecule has 11 nitrogen and oxygen atoms in total. The van der Waals surface area contributed by atoms with Crippen molar-refractivity contribution in [2.45, 2.75) is 19.1 Å². The van der Waals surface area contributed by atoms with E-state index in [4.69, 9.17) is 0 Å². The second kappa shape index (κ2) is 6.95. The van der Waals surface area contributed by atoms with Gasteiger partial charge in [-0.05, 0) is 24.1 Å². The van der Waals surface area contributed by atoms with Gasteiger partial charge in [-0.25, -0.2) is 4.79 Å². The van der Waals surface area contributed by atoms with Gasteiger partial charge in [-0.3, -0.25) is 9.59 Å². The minimum absolute atomic E-state index is 0.0243. The molecule has 0 spiro atoms. The van der Waals surface area contributed by atoms with Crippen LogP contribution < -0.4 is 0 Å². The standard InChI is InChI=1S/C24H16O11/c1-5-2-7-12(19(29)10(5)24(34)35)13-14(23(33)18(7)28)22(32)16-15(21(13)31)17(27)8-3-6(25)4-9(26)11(8)20(16)30/h2-4,18,23,25-26,28-29,31-33H,1H3,(H,34,35)/t18-,23-/m1/s1. The normalized spacial score (nSPS) is 17.9. The fourth-order valence-electron chi connectivity index (χ4n) is 4.93. The predicted octanol–water partition coefficient (Wildman–Crippen LogP) is 1.74. The van der Waals surface area contributed by atoms with Crippen LogP contribution in [-0.2, 0) is 0 Å². The Bertz CT molecular complexity index is 1550. The molecule has 2 aliphatic carbocycles. The summed E-state index contributed by atoms with van der Waals surface area (Å²) in [4.78, 5) is 38.2. The van der Waals surface area contributed by atoms with Gasteiger partial charge in [0.25, 0.3) is 0 Å². The molecule has 2 aliphatic rings. The van der Waals surface area contributed by atoms with Crippen LogP contribution in [0.4, 0.5) is 0 Å². The first kappa shape index (κ1) is 22.2. The summed E-state index contributed by atoms with van der Waals surface area (Å²) >= 11 is 0. The van der Waals surface area contributed by atoms with Crippen molar-refractivity contribution in [1.82, 2.24) is 0 Å². The average molecular weight is 480 g/mol. The Hall–Kier alpha value is -4.61. The highest BCUT2D eigenvalue weighted by Gasteiger charge is 2.45. The van der Waals surface area contributed by atoms with Crippen LogP contribution in [0, 0.1) is 6.92 Å². The van der Waals surface area contributed by atoms with Crippen molar-refractivity contribution in [1.29, 1.82) is 0 Å². The van der Waals surface area contributed by atoms with Crippen LogP contribution in [-0.4, -0.2) is 58.4 Å². The number of rotatable bonds is 1. The molecule has 0 unspecified atom stereocenters. The lowest BCUT2D eigenvalue weighted by atomic mass is 9.73. The van der Waals surface area contributed by atoms with E-state index in [2.05, 4.69) is 0 Å². The number of aliphatic hydroxyl groups excluding tert-OH is 2. The van der Waals surface area contributed by atoms with E-state index in [1.807, 2.05) is 0 Å². The maximum atomic E-state index is 13.3. The molecule has 0 fully saturated rings. The van der Waals surface area contributed by atoms with E-state index in [-0.39, 0.29) is 11.1 Å². The average Bonchev–Trinajstić information content (AvgIpc) is 2.76. The van der Waals surface area contributed by atoms with Crippen LogP contribution in [0.2, 0.25) is 0 Å². The summed E-state index contributed by atoms with van der Waals surface area (Å²) in [7, 11) is 0. The molecule has 0 radical (unpaired) electrons. The van der Waals surface area contributed by atoms with Crippen molar-refractivity contribution >= 4 is 17.5 Å². The third kappa shape index (κ3) is 2.64. The Morgan fingerprint density at radius 1 is 0.743 bits per heavy atom. The first-order valence-electron chi connectivity index (χ1n) is 10.1. The Morgan fingerprint density at radius 2 is 1.37 bits per heavy atom. The molecular weight excluding hydrogens is 464 g/mol. The SMILES string of the molecule is Cc1cc2c(c(O)c1C(=O)O)-c1c(O)c3c(c(O)c1[C@@H](O)[C@@H]2O)C(=O)c1c(O)cc(O)cc1C3=O. The Labute approximate surface area is 195 Å². The molecule has 0 amide bonds. The highest BCUT2D eigenvalue weighted by Crippen LogP contribution is 2.58. The molecule has 178 valence electrons. The van der Waals surface area contributed by atoms with Crippen LogP contribution in [0.25, 0.3) is 11.1 Å². The number of phenolic OH excluding ortho intramolecular Hbond substituents is 4. The summed E-state index contributed by atoms with van der Waals surface area (Å²) in [6.07, 6.45) is -3.78. The monoisotopic (exact) mass is 480 g/mol. The van der Waals surface area contributed by atoms with Crippen molar-refractivity contribution < 1.29 is 55.2 Å². The minimum Gasteiger partial charge on any atom is -0.508 e. The third-order valence-corrected chi connectivity index (χ3v) is 6.42. The van der Waals surface area contributed by atoms with Crippen LogP contribution in [0.5, 0.6) is 28.7 Å². The minimum atomic E-state index is -1.96. The molecule has 0 bridgehead atoms. The fourth-order valence-corrected chi connectivity index (χ4v) is 4.93. The van der Waals surface area contributed by atoms with Crippen LogP contribution in [0.15, 0.2) is 18.2 Å². The number of carboxylic acid groups (broad SMARTS) is 1. The van der Waals surface area contributed by atoms with Crippen LogP contribution >= 0.6 is 0 Å². The Morgan fingerprint density at radius 3 is 2.00 bits per heavy atom. The highest BCUT2D eigenvalue weighted by molar-refractivity contribution is 6.32. The van der Waals surface area contributed by atoms with Gasteiger partial charge in [0, 0.05) is 28.3 Å². The number of aromatic carboxylic acids is 1. The number of phenols is 5. The smallest absolute Gasteiger partial charge is 0.339 e. The number of carbonyl (C=O) groups is 3. The molecular formula is C24H16O11. The molecule has 0 saturated carbocycles. The number of hydrogen-bond acceptors (Lipinski definition) is 10. The van der Waals surface area contributed by atoms with E-state index in [1.54, 1.807) is 0 Å². The van der Waals surface area contributed by atoms with Gasteiger partial charge in [0.2, 0.25) is 5.78 Å². The van der Waals surface area contributed by atoms with Gasteiger partial charge in [-0.1, -0.05) is 6.07 Å². The zero-order valence-electron chi connectivity index (χ0n) is 17.7. The summed E-state index contributed by atoms with van der Waals surface area (Å²) in [6, 6.07) is 2.85. The zero-order chi connectivity index (χ0) is 25.7. The molecule has 0 saturated heterocycles. The number of aryl methyl sites for hydroxylation is 1. The number of aromatic hydroxyl groups is 5. The predicted molar refractivity (Wildman–Crippen MR) is 115 cm³/mol. The number of fused-ring (bicyclic) bond motifs is 5. The molecule has 2 atom stereocenters. The van der Waals surface area contributed by atoms with E-state index in [1.165, 1.54) is 13.0 Å². The van der Waals surface area contributed by atoms with Gasteiger partial charge >= 0.3 is 5.97 Å². The van der Waals surface area contributed by atoms with E-state index >= 15 is 0 Å². The fraction of sp³-hybridized carbons (Fsp3) is 0.125. The quantitative estimate of drug-likeness (QED) is 0.184. The number of carboxylic acids is 1. The summed E-state index contributed by atoms with van der Waals surface area (Å²) in [5, 5.41) is 84.0. The number of ketones is 2.